The Bertz CT molecular complexity index is 506. The highest BCUT2D eigenvalue weighted by molar-refractivity contribution is 5.69. The molecular formula is C14H23N3O3. The molecule has 2 rings (SSSR count). The molecule has 1 aromatic heterocycles. The highest BCUT2D eigenvalue weighted by Gasteiger charge is 2.46. The number of carbonyl (C=O) groups is 1. The first kappa shape index (κ1) is 14.8. The van der Waals surface area contributed by atoms with E-state index in [2.05, 4.69) is 5.10 Å². The van der Waals surface area contributed by atoms with Crippen LogP contribution in [0, 0.1) is 0 Å². The third kappa shape index (κ3) is 2.80. The molecule has 0 aliphatic carbocycles. The van der Waals surface area contributed by atoms with Crippen molar-refractivity contribution < 1.29 is 14.6 Å². The number of amides is 1. The monoisotopic (exact) mass is 281 g/mol. The molecule has 6 heteroatoms. The number of aliphatic hydroxyl groups excluding tert-OH is 1. The van der Waals surface area contributed by atoms with Gasteiger partial charge in [-0.15, -0.1) is 0 Å². The molecule has 1 aliphatic rings. The van der Waals surface area contributed by atoms with Gasteiger partial charge in [0.25, 0.3) is 0 Å². The maximum atomic E-state index is 12.1. The minimum absolute atomic E-state index is 0.278. The van der Waals surface area contributed by atoms with E-state index < -0.39 is 17.1 Å². The number of carbonyl (C=O) groups excluding carboxylic acids is 1. The second kappa shape index (κ2) is 4.77. The van der Waals surface area contributed by atoms with Crippen molar-refractivity contribution in [2.75, 3.05) is 13.1 Å². The molecule has 1 fully saturated rings. The summed E-state index contributed by atoms with van der Waals surface area (Å²) in [6.45, 7) is 8.14. The molecule has 6 nitrogen and oxygen atoms in total. The molecule has 0 bridgehead atoms. The van der Waals surface area contributed by atoms with E-state index in [1.807, 2.05) is 40.9 Å². The maximum absolute atomic E-state index is 12.1. The Hall–Kier alpha value is -1.56. The smallest absolute Gasteiger partial charge is 0.410 e. The van der Waals surface area contributed by atoms with Crippen molar-refractivity contribution in [2.24, 2.45) is 7.05 Å². The van der Waals surface area contributed by atoms with Crippen LogP contribution in [0.3, 0.4) is 0 Å². The van der Waals surface area contributed by atoms with Gasteiger partial charge >= 0.3 is 6.09 Å². The van der Waals surface area contributed by atoms with Crippen molar-refractivity contribution in [3.05, 3.63) is 18.0 Å². The van der Waals surface area contributed by atoms with E-state index in [0.29, 0.717) is 6.54 Å². The lowest BCUT2D eigenvalue weighted by molar-refractivity contribution is 0.0269. The van der Waals surface area contributed by atoms with E-state index in [9.17, 15) is 9.90 Å². The molecule has 1 amide bonds. The number of aliphatic hydroxyl groups is 1. The Balaban J connectivity index is 2.14. The van der Waals surface area contributed by atoms with Gasteiger partial charge in [-0.05, 0) is 20.8 Å². The number of aromatic nitrogens is 2. The van der Waals surface area contributed by atoms with E-state index in [1.54, 1.807) is 15.8 Å². The molecule has 112 valence electrons. The van der Waals surface area contributed by atoms with Gasteiger partial charge in [-0.2, -0.15) is 5.10 Å². The van der Waals surface area contributed by atoms with Crippen molar-refractivity contribution in [3.8, 4) is 0 Å². The lowest BCUT2D eigenvalue weighted by Gasteiger charge is -2.27. The summed E-state index contributed by atoms with van der Waals surface area (Å²) in [6.07, 6.45) is 2.60. The number of aryl methyl sites for hydroxylation is 1. The topological polar surface area (TPSA) is 67.6 Å². The Morgan fingerprint density at radius 2 is 2.20 bits per heavy atom. The van der Waals surface area contributed by atoms with Crippen LogP contribution in [0.25, 0.3) is 0 Å². The number of hydrogen-bond donors (Lipinski definition) is 1. The first-order chi connectivity index (χ1) is 9.12. The average Bonchev–Trinajstić information content (AvgIpc) is 2.83. The third-order valence-corrected chi connectivity index (χ3v) is 3.66. The van der Waals surface area contributed by atoms with Crippen molar-refractivity contribution in [3.63, 3.8) is 0 Å². The standard InChI is InChI=1S/C14H23N3O3/c1-13(2,3)20-12(19)17-8-11(18)14(4,9-17)10-6-15-16(5)7-10/h6-7,11,18H,8-9H2,1-5H3. The minimum Gasteiger partial charge on any atom is -0.444 e. The predicted molar refractivity (Wildman–Crippen MR) is 74.4 cm³/mol. The molecule has 1 saturated heterocycles. The van der Waals surface area contributed by atoms with E-state index in [4.69, 9.17) is 4.74 Å². The Kier molecular flexibility index (Phi) is 3.54. The van der Waals surface area contributed by atoms with Crippen LogP contribution >= 0.6 is 0 Å². The lowest BCUT2D eigenvalue weighted by Crippen LogP contribution is -2.37. The zero-order chi connectivity index (χ0) is 15.1. The molecule has 20 heavy (non-hydrogen) atoms. The van der Waals surface area contributed by atoms with E-state index >= 15 is 0 Å². The number of likely N-dealkylation sites (tertiary alicyclic amines) is 1. The Morgan fingerprint density at radius 3 is 2.70 bits per heavy atom. The van der Waals surface area contributed by atoms with Crippen molar-refractivity contribution in [2.45, 2.75) is 44.8 Å². The molecule has 1 aromatic rings. The lowest BCUT2D eigenvalue weighted by atomic mass is 9.81. The SMILES string of the molecule is Cn1cc(C2(C)CN(C(=O)OC(C)(C)C)CC2O)cn1. The molecule has 2 heterocycles. The fraction of sp³-hybridized carbons (Fsp3) is 0.714. The maximum Gasteiger partial charge on any atom is 0.410 e. The molecule has 1 aliphatic heterocycles. The Labute approximate surface area is 119 Å². The summed E-state index contributed by atoms with van der Waals surface area (Å²) in [5.41, 5.74) is -0.112. The highest BCUT2D eigenvalue weighted by atomic mass is 16.6. The summed E-state index contributed by atoms with van der Waals surface area (Å²) in [5, 5.41) is 14.5. The van der Waals surface area contributed by atoms with Gasteiger partial charge in [-0.1, -0.05) is 6.92 Å². The van der Waals surface area contributed by atoms with Crippen LogP contribution in [0.4, 0.5) is 4.79 Å². The van der Waals surface area contributed by atoms with Crippen LogP contribution in [-0.2, 0) is 17.2 Å². The number of ether oxygens (including phenoxy) is 1. The molecular weight excluding hydrogens is 258 g/mol. The van der Waals surface area contributed by atoms with Crippen molar-refractivity contribution in [1.29, 1.82) is 0 Å². The molecule has 0 radical (unpaired) electrons. The summed E-state index contributed by atoms with van der Waals surface area (Å²) in [7, 11) is 1.83. The fourth-order valence-electron chi connectivity index (χ4n) is 2.44. The molecule has 1 N–H and O–H groups in total. The van der Waals surface area contributed by atoms with Gasteiger partial charge in [0.05, 0.1) is 18.8 Å². The van der Waals surface area contributed by atoms with Gasteiger partial charge < -0.3 is 14.7 Å². The van der Waals surface area contributed by atoms with Crippen LogP contribution in [0.1, 0.15) is 33.3 Å². The van der Waals surface area contributed by atoms with Crippen molar-refractivity contribution >= 4 is 6.09 Å². The van der Waals surface area contributed by atoms with Crippen LogP contribution in [0.5, 0.6) is 0 Å². The van der Waals surface area contributed by atoms with Crippen LogP contribution in [0.2, 0.25) is 0 Å². The van der Waals surface area contributed by atoms with Crippen LogP contribution in [0.15, 0.2) is 12.4 Å². The number of nitrogens with zero attached hydrogens (tertiary/aromatic N) is 3. The number of β-amino-alcohol motifs (C(OH)–C–C–N with tert-alkyl or cyclic N) is 1. The van der Waals surface area contributed by atoms with Crippen molar-refractivity contribution in [1.82, 2.24) is 14.7 Å². The summed E-state index contributed by atoms with van der Waals surface area (Å²) in [4.78, 5) is 13.7. The second-order valence-electron chi connectivity index (χ2n) is 6.70. The average molecular weight is 281 g/mol. The highest BCUT2D eigenvalue weighted by Crippen LogP contribution is 2.34. The molecule has 2 atom stereocenters. The van der Waals surface area contributed by atoms with Crippen LogP contribution in [-0.4, -0.2) is 50.7 Å². The molecule has 2 unspecified atom stereocenters. The van der Waals surface area contributed by atoms with E-state index in [-0.39, 0.29) is 12.6 Å². The summed E-state index contributed by atoms with van der Waals surface area (Å²) >= 11 is 0. The van der Waals surface area contributed by atoms with Gasteiger partial charge in [0, 0.05) is 30.8 Å². The molecule has 0 spiro atoms. The van der Waals surface area contributed by atoms with E-state index in [0.717, 1.165) is 5.56 Å². The number of rotatable bonds is 1. The molecule has 0 aromatic carbocycles. The van der Waals surface area contributed by atoms with Gasteiger partial charge in [0.2, 0.25) is 0 Å². The fourth-order valence-corrected chi connectivity index (χ4v) is 2.44. The molecule has 0 saturated carbocycles. The minimum atomic E-state index is -0.626. The zero-order valence-electron chi connectivity index (χ0n) is 12.8. The zero-order valence-corrected chi connectivity index (χ0v) is 12.8. The normalized spacial score (nSPS) is 26.9. The second-order valence-corrected chi connectivity index (χ2v) is 6.70. The summed E-state index contributed by atoms with van der Waals surface area (Å²) in [5.74, 6) is 0. The van der Waals surface area contributed by atoms with Gasteiger partial charge in [0.15, 0.2) is 0 Å². The van der Waals surface area contributed by atoms with Crippen LogP contribution < -0.4 is 0 Å². The predicted octanol–water partition coefficient (Wildman–Crippen LogP) is 1.29. The summed E-state index contributed by atoms with van der Waals surface area (Å²) in [6, 6.07) is 0. The first-order valence-electron chi connectivity index (χ1n) is 6.77. The van der Waals surface area contributed by atoms with Gasteiger partial charge in [0.1, 0.15) is 5.60 Å². The van der Waals surface area contributed by atoms with Gasteiger partial charge in [-0.3, -0.25) is 4.68 Å². The van der Waals surface area contributed by atoms with Gasteiger partial charge in [-0.25, -0.2) is 4.79 Å². The first-order valence-corrected chi connectivity index (χ1v) is 6.77. The summed E-state index contributed by atoms with van der Waals surface area (Å²) < 4.78 is 7.06. The Morgan fingerprint density at radius 1 is 1.55 bits per heavy atom. The van der Waals surface area contributed by atoms with E-state index in [1.165, 1.54) is 0 Å². The third-order valence-electron chi connectivity index (χ3n) is 3.66. The quantitative estimate of drug-likeness (QED) is 0.842. The largest absolute Gasteiger partial charge is 0.444 e. The number of hydrogen-bond acceptors (Lipinski definition) is 4.